The topological polar surface area (TPSA) is 36.9 Å². The van der Waals surface area contributed by atoms with Crippen LogP contribution in [-0.4, -0.2) is 39.2 Å². The molecule has 19 heavy (non-hydrogen) atoms. The van der Waals surface area contributed by atoms with Gasteiger partial charge in [-0.25, -0.2) is 4.99 Å². The minimum atomic E-state index is 0.798. The van der Waals surface area contributed by atoms with Crippen LogP contribution >= 0.6 is 0 Å². The van der Waals surface area contributed by atoms with Crippen molar-refractivity contribution in [2.45, 2.75) is 19.8 Å². The van der Waals surface area contributed by atoms with Crippen LogP contribution in [0.2, 0.25) is 0 Å². The van der Waals surface area contributed by atoms with E-state index in [-0.39, 0.29) is 0 Å². The molecule has 1 saturated heterocycles. The van der Waals surface area contributed by atoms with Crippen LogP contribution < -0.4 is 10.2 Å². The Morgan fingerprint density at radius 1 is 1.32 bits per heavy atom. The molecule has 104 valence electrons. The molecule has 1 aliphatic rings. The second kappa shape index (κ2) is 7.14. The molecule has 0 aromatic heterocycles. The Labute approximate surface area is 115 Å². The molecule has 1 aliphatic heterocycles. The third-order valence-corrected chi connectivity index (χ3v) is 3.26. The highest BCUT2D eigenvalue weighted by Crippen LogP contribution is 2.29. The van der Waals surface area contributed by atoms with Crippen LogP contribution in [0.3, 0.4) is 0 Å². The third-order valence-electron chi connectivity index (χ3n) is 3.26. The lowest BCUT2D eigenvalue weighted by Crippen LogP contribution is -2.36. The van der Waals surface area contributed by atoms with Gasteiger partial charge in [-0.2, -0.15) is 0 Å². The van der Waals surface area contributed by atoms with E-state index in [1.807, 2.05) is 13.1 Å². The average molecular weight is 261 g/mol. The predicted molar refractivity (Wildman–Crippen MR) is 80.5 cm³/mol. The lowest BCUT2D eigenvalue weighted by atomic mass is 10.2. The number of nitrogens with zero attached hydrogens (tertiary/aromatic N) is 2. The van der Waals surface area contributed by atoms with E-state index >= 15 is 0 Å². The van der Waals surface area contributed by atoms with Gasteiger partial charge in [0.25, 0.3) is 0 Å². The molecule has 0 saturated carbocycles. The molecular formula is C15H23N3O. The molecule has 1 aromatic carbocycles. The maximum atomic E-state index is 5.41. The number of benzene rings is 1. The summed E-state index contributed by atoms with van der Waals surface area (Å²) in [4.78, 5) is 7.11. The Morgan fingerprint density at radius 2 is 2.05 bits per heavy atom. The van der Waals surface area contributed by atoms with E-state index in [0.717, 1.165) is 50.7 Å². The number of ether oxygens (including phenoxy) is 1. The van der Waals surface area contributed by atoms with Crippen LogP contribution in [0, 0.1) is 0 Å². The quantitative estimate of drug-likeness (QED) is 0.668. The molecule has 0 amide bonds. The van der Waals surface area contributed by atoms with Crippen molar-refractivity contribution in [3.8, 4) is 0 Å². The summed E-state index contributed by atoms with van der Waals surface area (Å²) < 4.78 is 5.41. The van der Waals surface area contributed by atoms with Crippen molar-refractivity contribution >= 4 is 17.2 Å². The maximum Gasteiger partial charge on any atom is 0.102 e. The van der Waals surface area contributed by atoms with Crippen LogP contribution in [-0.2, 0) is 4.74 Å². The number of aliphatic imine (C=N–C) groups is 1. The van der Waals surface area contributed by atoms with Crippen LogP contribution in [0.25, 0.3) is 0 Å². The standard InChI is InChI=1S/C15H23N3O/c1-3-6-15(16-2)17-13-7-4-5-8-14(13)18-9-11-19-12-10-18/h4-5,7-8H,3,6,9-12H2,1-2H3,(H,16,17). The maximum absolute atomic E-state index is 5.41. The fourth-order valence-corrected chi connectivity index (χ4v) is 2.25. The van der Waals surface area contributed by atoms with Crippen molar-refractivity contribution in [2.75, 3.05) is 38.3 Å². The summed E-state index contributed by atoms with van der Waals surface area (Å²) in [5.74, 6) is 1.04. The first kappa shape index (κ1) is 13.9. The number of hydrogen-bond acceptors (Lipinski definition) is 3. The molecule has 1 N–H and O–H groups in total. The number of rotatable bonds is 4. The van der Waals surface area contributed by atoms with Gasteiger partial charge in [0, 0.05) is 26.6 Å². The van der Waals surface area contributed by atoms with E-state index in [1.165, 1.54) is 5.69 Å². The Bertz CT molecular complexity index is 425. The van der Waals surface area contributed by atoms with Gasteiger partial charge in [0.2, 0.25) is 0 Å². The fraction of sp³-hybridized carbons (Fsp3) is 0.533. The number of anilines is 1. The molecule has 0 bridgehead atoms. The van der Waals surface area contributed by atoms with Gasteiger partial charge in [-0.05, 0) is 18.6 Å². The lowest BCUT2D eigenvalue weighted by molar-refractivity contribution is 0.123. The summed E-state index contributed by atoms with van der Waals surface area (Å²) in [7, 11) is 1.94. The predicted octanol–water partition coefficient (Wildman–Crippen LogP) is 2.57. The van der Waals surface area contributed by atoms with Crippen molar-refractivity contribution in [1.82, 2.24) is 5.32 Å². The molecule has 2 rings (SSSR count). The summed E-state index contributed by atoms with van der Waals surface area (Å²) in [6.45, 7) is 5.64. The minimum Gasteiger partial charge on any atom is -0.378 e. The van der Waals surface area contributed by atoms with Gasteiger partial charge < -0.3 is 15.0 Å². The van der Waals surface area contributed by atoms with Crippen LogP contribution in [0.5, 0.6) is 0 Å². The molecular weight excluding hydrogens is 238 g/mol. The van der Waals surface area contributed by atoms with E-state index in [2.05, 4.69) is 35.3 Å². The highest BCUT2D eigenvalue weighted by molar-refractivity contribution is 5.86. The van der Waals surface area contributed by atoms with Gasteiger partial charge in [0.15, 0.2) is 0 Å². The summed E-state index contributed by atoms with van der Waals surface area (Å²) in [6, 6.07) is 8.34. The molecule has 4 heteroatoms. The molecule has 0 atom stereocenters. The van der Waals surface area contributed by atoms with Gasteiger partial charge in [0.05, 0.1) is 24.6 Å². The number of morpholine rings is 1. The van der Waals surface area contributed by atoms with Crippen LogP contribution in [0.4, 0.5) is 11.4 Å². The van der Waals surface area contributed by atoms with Gasteiger partial charge in [-0.1, -0.05) is 19.1 Å². The number of nitrogens with one attached hydrogen (secondary N) is 1. The minimum absolute atomic E-state index is 0.798. The molecule has 1 fully saturated rings. The summed E-state index contributed by atoms with van der Waals surface area (Å²) in [6.07, 6.45) is 2.08. The van der Waals surface area contributed by atoms with E-state index in [1.54, 1.807) is 0 Å². The van der Waals surface area contributed by atoms with Gasteiger partial charge in [-0.15, -0.1) is 0 Å². The van der Waals surface area contributed by atoms with E-state index in [9.17, 15) is 0 Å². The van der Waals surface area contributed by atoms with E-state index in [4.69, 9.17) is 9.73 Å². The first-order valence-electron chi connectivity index (χ1n) is 7.02. The van der Waals surface area contributed by atoms with Gasteiger partial charge >= 0.3 is 0 Å². The van der Waals surface area contributed by atoms with E-state index < -0.39 is 0 Å². The third kappa shape index (κ3) is 3.70. The molecule has 0 spiro atoms. The largest absolute Gasteiger partial charge is 0.378 e. The molecule has 0 unspecified atom stereocenters. The second-order valence-corrected chi connectivity index (χ2v) is 4.65. The fourth-order valence-electron chi connectivity index (χ4n) is 2.25. The van der Waals surface area contributed by atoms with Gasteiger partial charge in [-0.3, -0.25) is 0 Å². The SMILES string of the molecule is CCC/C(=N/c1ccccc1N1CCOCC1)NC. The molecule has 1 aromatic rings. The monoisotopic (exact) mass is 261 g/mol. The van der Waals surface area contributed by atoms with Crippen molar-refractivity contribution in [2.24, 2.45) is 4.99 Å². The smallest absolute Gasteiger partial charge is 0.102 e. The highest BCUT2D eigenvalue weighted by Gasteiger charge is 2.14. The normalized spacial score (nSPS) is 16.5. The second-order valence-electron chi connectivity index (χ2n) is 4.65. The summed E-state index contributed by atoms with van der Waals surface area (Å²) in [5.41, 5.74) is 2.25. The van der Waals surface area contributed by atoms with Crippen molar-refractivity contribution in [3.63, 3.8) is 0 Å². The average Bonchev–Trinajstić information content (AvgIpc) is 2.48. The molecule has 0 radical (unpaired) electrons. The Hall–Kier alpha value is -1.55. The number of amidine groups is 1. The summed E-state index contributed by atoms with van der Waals surface area (Å²) in [5, 5.41) is 3.19. The van der Waals surface area contributed by atoms with Crippen molar-refractivity contribution < 1.29 is 4.74 Å². The zero-order valence-electron chi connectivity index (χ0n) is 11.9. The van der Waals surface area contributed by atoms with Crippen LogP contribution in [0.1, 0.15) is 19.8 Å². The molecule has 1 heterocycles. The molecule has 0 aliphatic carbocycles. The number of hydrogen-bond donors (Lipinski definition) is 1. The van der Waals surface area contributed by atoms with Crippen molar-refractivity contribution in [1.29, 1.82) is 0 Å². The van der Waals surface area contributed by atoms with E-state index in [0.29, 0.717) is 0 Å². The van der Waals surface area contributed by atoms with Gasteiger partial charge in [0.1, 0.15) is 5.84 Å². The lowest BCUT2D eigenvalue weighted by Gasteiger charge is -2.29. The zero-order chi connectivity index (χ0) is 13.5. The summed E-state index contributed by atoms with van der Waals surface area (Å²) >= 11 is 0. The Morgan fingerprint density at radius 3 is 2.74 bits per heavy atom. The number of para-hydroxylation sites is 2. The highest BCUT2D eigenvalue weighted by atomic mass is 16.5. The molecule has 4 nitrogen and oxygen atoms in total. The first-order chi connectivity index (χ1) is 9.35. The first-order valence-corrected chi connectivity index (χ1v) is 7.02. The van der Waals surface area contributed by atoms with Crippen LogP contribution in [0.15, 0.2) is 29.3 Å². The Balaban J connectivity index is 2.24. The zero-order valence-corrected chi connectivity index (χ0v) is 11.9. The van der Waals surface area contributed by atoms with Crippen molar-refractivity contribution in [3.05, 3.63) is 24.3 Å². The Kier molecular flexibility index (Phi) is 5.21.